The molecule has 0 N–H and O–H groups in total. The van der Waals surface area contributed by atoms with Crippen molar-refractivity contribution in [3.05, 3.63) is 48.5 Å². The van der Waals surface area contributed by atoms with E-state index in [0.29, 0.717) is 16.2 Å². The number of halogens is 2. The average Bonchev–Trinajstić information content (AvgIpc) is 2.68. The first-order chi connectivity index (χ1) is 8.52. The minimum Gasteiger partial charge on any atom is -0.496 e. The van der Waals surface area contributed by atoms with E-state index in [2.05, 4.69) is 31.9 Å². The molecule has 0 radical (unpaired) electrons. The third kappa shape index (κ3) is 2.68. The molecule has 1 aromatic carbocycles. The zero-order valence-electron chi connectivity index (χ0n) is 9.79. The molecular formula is C13H10Br2O2S. The highest BCUT2D eigenvalue weighted by molar-refractivity contribution is 9.13. The second kappa shape index (κ2) is 5.55. The van der Waals surface area contributed by atoms with E-state index in [4.69, 9.17) is 4.74 Å². The molecule has 0 amide bonds. The van der Waals surface area contributed by atoms with Gasteiger partial charge >= 0.3 is 0 Å². The predicted molar refractivity (Wildman–Crippen MR) is 80.9 cm³/mol. The summed E-state index contributed by atoms with van der Waals surface area (Å²) in [6.45, 7) is 1.95. The molecule has 2 nitrogen and oxygen atoms in total. The Hall–Kier alpha value is -0.650. The zero-order valence-corrected chi connectivity index (χ0v) is 13.8. The molecule has 2 rings (SSSR count). The van der Waals surface area contributed by atoms with Crippen LogP contribution in [0, 0.1) is 6.92 Å². The summed E-state index contributed by atoms with van der Waals surface area (Å²) >= 11 is 8.19. The van der Waals surface area contributed by atoms with Crippen LogP contribution in [-0.4, -0.2) is 12.9 Å². The summed E-state index contributed by atoms with van der Waals surface area (Å²) < 4.78 is 7.05. The SMILES string of the molecule is COc1ccc(C)cc1C(=O)c1cc(Br)c(Br)s1. The molecule has 2 aromatic rings. The molecule has 1 aromatic heterocycles. The zero-order chi connectivity index (χ0) is 13.3. The van der Waals surface area contributed by atoms with Crippen molar-refractivity contribution in [1.29, 1.82) is 0 Å². The molecule has 0 fully saturated rings. The lowest BCUT2D eigenvalue weighted by Gasteiger charge is -2.07. The van der Waals surface area contributed by atoms with Gasteiger partial charge in [0.2, 0.25) is 5.78 Å². The van der Waals surface area contributed by atoms with Crippen LogP contribution in [0.4, 0.5) is 0 Å². The molecule has 0 unspecified atom stereocenters. The molecular weight excluding hydrogens is 380 g/mol. The summed E-state index contributed by atoms with van der Waals surface area (Å²) in [5.74, 6) is 0.582. The fourth-order valence-electron chi connectivity index (χ4n) is 1.59. The van der Waals surface area contributed by atoms with Gasteiger partial charge in [0, 0.05) is 4.47 Å². The number of rotatable bonds is 3. The van der Waals surface area contributed by atoms with Crippen LogP contribution in [0.3, 0.4) is 0 Å². The lowest BCUT2D eigenvalue weighted by atomic mass is 10.1. The number of ether oxygens (including phenoxy) is 1. The molecule has 0 aliphatic carbocycles. The van der Waals surface area contributed by atoms with E-state index < -0.39 is 0 Å². The first-order valence-electron chi connectivity index (χ1n) is 5.17. The highest BCUT2D eigenvalue weighted by Crippen LogP contribution is 2.34. The van der Waals surface area contributed by atoms with Crippen molar-refractivity contribution in [2.45, 2.75) is 6.92 Å². The van der Waals surface area contributed by atoms with Crippen LogP contribution in [0.5, 0.6) is 5.75 Å². The van der Waals surface area contributed by atoms with Gasteiger partial charge in [-0.3, -0.25) is 4.79 Å². The van der Waals surface area contributed by atoms with Gasteiger partial charge in [-0.2, -0.15) is 0 Å². The quantitative estimate of drug-likeness (QED) is 0.703. The van der Waals surface area contributed by atoms with Gasteiger partial charge in [0.25, 0.3) is 0 Å². The highest BCUT2D eigenvalue weighted by atomic mass is 79.9. The van der Waals surface area contributed by atoms with Crippen LogP contribution in [0.2, 0.25) is 0 Å². The van der Waals surface area contributed by atoms with Crippen LogP contribution >= 0.6 is 43.2 Å². The first kappa shape index (κ1) is 13.8. The Morgan fingerprint density at radius 2 is 2.00 bits per heavy atom. The average molecular weight is 390 g/mol. The van der Waals surface area contributed by atoms with Gasteiger partial charge in [-0.25, -0.2) is 0 Å². The fraction of sp³-hybridized carbons (Fsp3) is 0.154. The summed E-state index contributed by atoms with van der Waals surface area (Å²) in [7, 11) is 1.57. The maximum absolute atomic E-state index is 12.4. The first-order valence-corrected chi connectivity index (χ1v) is 7.57. The summed E-state index contributed by atoms with van der Waals surface area (Å²) in [5.41, 5.74) is 1.63. The van der Waals surface area contributed by atoms with E-state index in [-0.39, 0.29) is 5.78 Å². The normalized spacial score (nSPS) is 10.4. The smallest absolute Gasteiger partial charge is 0.206 e. The van der Waals surface area contributed by atoms with Crippen LogP contribution in [0.1, 0.15) is 20.8 Å². The summed E-state index contributed by atoms with van der Waals surface area (Å²) in [4.78, 5) is 13.1. The van der Waals surface area contributed by atoms with Crippen molar-refractivity contribution in [2.75, 3.05) is 7.11 Å². The number of methoxy groups -OCH3 is 1. The molecule has 0 bridgehead atoms. The Morgan fingerprint density at radius 1 is 1.28 bits per heavy atom. The van der Waals surface area contributed by atoms with E-state index in [1.165, 1.54) is 11.3 Å². The monoisotopic (exact) mass is 388 g/mol. The summed E-state index contributed by atoms with van der Waals surface area (Å²) in [5, 5.41) is 0. The van der Waals surface area contributed by atoms with Crippen molar-refractivity contribution >= 4 is 49.0 Å². The van der Waals surface area contributed by atoms with Crippen LogP contribution in [0.15, 0.2) is 32.5 Å². The second-order valence-corrected chi connectivity index (χ2v) is 6.99. The van der Waals surface area contributed by atoms with Crippen LogP contribution < -0.4 is 4.74 Å². The number of hydrogen-bond donors (Lipinski definition) is 0. The van der Waals surface area contributed by atoms with E-state index in [0.717, 1.165) is 13.8 Å². The van der Waals surface area contributed by atoms with Gasteiger partial charge in [0.1, 0.15) is 5.75 Å². The van der Waals surface area contributed by atoms with Crippen molar-refractivity contribution in [3.8, 4) is 5.75 Å². The minimum atomic E-state index is -0.0213. The molecule has 0 atom stereocenters. The Morgan fingerprint density at radius 3 is 2.56 bits per heavy atom. The van der Waals surface area contributed by atoms with Crippen molar-refractivity contribution in [1.82, 2.24) is 0 Å². The minimum absolute atomic E-state index is 0.0213. The maximum atomic E-state index is 12.4. The van der Waals surface area contributed by atoms with Gasteiger partial charge in [-0.15, -0.1) is 11.3 Å². The molecule has 1 heterocycles. The maximum Gasteiger partial charge on any atom is 0.206 e. The molecule has 5 heteroatoms. The van der Waals surface area contributed by atoms with Gasteiger partial charge in [-0.1, -0.05) is 11.6 Å². The largest absolute Gasteiger partial charge is 0.496 e. The van der Waals surface area contributed by atoms with Gasteiger partial charge < -0.3 is 4.74 Å². The Balaban J connectivity index is 2.48. The molecule has 0 spiro atoms. The standard InChI is InChI=1S/C13H10Br2O2S/c1-7-3-4-10(17-2)8(5-7)12(16)11-6-9(14)13(15)18-11/h3-6H,1-2H3. The second-order valence-electron chi connectivity index (χ2n) is 3.77. The molecule has 0 saturated heterocycles. The van der Waals surface area contributed by atoms with E-state index in [1.807, 2.05) is 31.2 Å². The lowest BCUT2D eigenvalue weighted by Crippen LogP contribution is -2.02. The topological polar surface area (TPSA) is 26.3 Å². The molecule has 0 saturated carbocycles. The predicted octanol–water partition coefficient (Wildman–Crippen LogP) is 4.82. The Labute approximate surface area is 126 Å². The number of benzene rings is 1. The molecule has 0 aliphatic rings. The number of thiophene rings is 1. The van der Waals surface area contributed by atoms with Crippen LogP contribution in [-0.2, 0) is 0 Å². The number of carbonyl (C=O) groups excluding carboxylic acids is 1. The summed E-state index contributed by atoms with van der Waals surface area (Å²) in [6.07, 6.45) is 0. The van der Waals surface area contributed by atoms with Crippen molar-refractivity contribution < 1.29 is 9.53 Å². The third-order valence-electron chi connectivity index (χ3n) is 2.47. The van der Waals surface area contributed by atoms with E-state index in [9.17, 15) is 4.79 Å². The van der Waals surface area contributed by atoms with E-state index >= 15 is 0 Å². The number of ketones is 1. The van der Waals surface area contributed by atoms with Gasteiger partial charge in [0.15, 0.2) is 0 Å². The van der Waals surface area contributed by atoms with Crippen molar-refractivity contribution in [3.63, 3.8) is 0 Å². The number of carbonyl (C=O) groups is 1. The Kier molecular flexibility index (Phi) is 4.25. The number of hydrogen-bond acceptors (Lipinski definition) is 3. The van der Waals surface area contributed by atoms with Gasteiger partial charge in [-0.05, 0) is 57.0 Å². The molecule has 94 valence electrons. The van der Waals surface area contributed by atoms with E-state index in [1.54, 1.807) is 7.11 Å². The Bertz CT molecular complexity index is 586. The lowest BCUT2D eigenvalue weighted by molar-refractivity contribution is 0.103. The van der Waals surface area contributed by atoms with Gasteiger partial charge in [0.05, 0.1) is 21.3 Å². The third-order valence-corrected chi connectivity index (χ3v) is 5.72. The number of aryl methyl sites for hydroxylation is 1. The molecule has 18 heavy (non-hydrogen) atoms. The van der Waals surface area contributed by atoms with Crippen molar-refractivity contribution in [2.24, 2.45) is 0 Å². The highest BCUT2D eigenvalue weighted by Gasteiger charge is 2.18. The summed E-state index contributed by atoms with van der Waals surface area (Å²) in [6, 6.07) is 7.41. The fourth-order valence-corrected chi connectivity index (χ4v) is 3.58. The van der Waals surface area contributed by atoms with Crippen LogP contribution in [0.25, 0.3) is 0 Å². The molecule has 0 aliphatic heterocycles.